The highest BCUT2D eigenvalue weighted by Gasteiger charge is 2.21. The first-order valence-electron chi connectivity index (χ1n) is 5.92. The first-order valence-corrected chi connectivity index (χ1v) is 6.29. The Hall–Kier alpha value is -2.01. The lowest BCUT2D eigenvalue weighted by Gasteiger charge is -2.16. The molecule has 0 aliphatic rings. The van der Waals surface area contributed by atoms with E-state index in [1.807, 2.05) is 20.8 Å². The fourth-order valence-electron chi connectivity index (χ4n) is 2.19. The summed E-state index contributed by atoms with van der Waals surface area (Å²) in [5.74, 6) is -0.139. The molecule has 1 aromatic heterocycles. The zero-order valence-corrected chi connectivity index (χ0v) is 12.3. The zero-order chi connectivity index (χ0) is 15.0. The molecule has 6 heteroatoms. The van der Waals surface area contributed by atoms with Crippen molar-refractivity contribution >= 4 is 17.6 Å². The van der Waals surface area contributed by atoms with Crippen LogP contribution in [-0.2, 0) is 0 Å². The topological polar surface area (TPSA) is 72.6 Å². The molecule has 1 aromatic carbocycles. The number of hydrogen-bond donors (Lipinski definition) is 1. The monoisotopic (exact) mass is 295 g/mol. The number of benzene rings is 1. The van der Waals surface area contributed by atoms with Crippen LogP contribution in [0.15, 0.2) is 10.6 Å². The summed E-state index contributed by atoms with van der Waals surface area (Å²) in [6, 6.07) is 1.39. The predicted molar refractivity (Wildman–Crippen MR) is 74.7 cm³/mol. The number of carboxylic acid groups (broad SMARTS) is 1. The van der Waals surface area contributed by atoms with Crippen LogP contribution in [0.4, 0.5) is 0 Å². The van der Waals surface area contributed by atoms with E-state index in [1.165, 1.54) is 6.07 Å². The maximum absolute atomic E-state index is 10.9. The molecule has 0 bridgehead atoms. The third-order valence-electron chi connectivity index (χ3n) is 3.36. The lowest BCUT2D eigenvalue weighted by Crippen LogP contribution is -1.98. The second-order valence-corrected chi connectivity index (χ2v) is 4.86. The number of aromatic nitrogens is 1. The number of methoxy groups -OCH3 is 1. The molecule has 0 spiro atoms. The SMILES string of the molecule is COc1c(C)c(C)c(-c2cc(C(=O)O)no2)c(C)c1Cl. The Labute approximate surface area is 121 Å². The van der Waals surface area contributed by atoms with Crippen molar-refractivity contribution in [2.45, 2.75) is 20.8 Å². The van der Waals surface area contributed by atoms with Crippen molar-refractivity contribution in [1.29, 1.82) is 0 Å². The van der Waals surface area contributed by atoms with Crippen LogP contribution in [0.1, 0.15) is 27.2 Å². The van der Waals surface area contributed by atoms with Gasteiger partial charge in [0.1, 0.15) is 5.75 Å². The van der Waals surface area contributed by atoms with E-state index in [1.54, 1.807) is 7.11 Å². The Morgan fingerprint density at radius 1 is 1.30 bits per heavy atom. The maximum atomic E-state index is 10.9. The number of carbonyl (C=O) groups is 1. The van der Waals surface area contributed by atoms with Crippen molar-refractivity contribution in [3.05, 3.63) is 33.5 Å². The van der Waals surface area contributed by atoms with Crippen LogP contribution in [0.2, 0.25) is 5.02 Å². The zero-order valence-electron chi connectivity index (χ0n) is 11.6. The Morgan fingerprint density at radius 3 is 2.45 bits per heavy atom. The minimum absolute atomic E-state index is 0.136. The van der Waals surface area contributed by atoms with Gasteiger partial charge >= 0.3 is 5.97 Å². The lowest BCUT2D eigenvalue weighted by molar-refractivity contribution is 0.0686. The minimum Gasteiger partial charge on any atom is -0.495 e. The molecule has 0 aliphatic heterocycles. The highest BCUT2D eigenvalue weighted by molar-refractivity contribution is 6.33. The first kappa shape index (κ1) is 14.4. The van der Waals surface area contributed by atoms with E-state index in [9.17, 15) is 4.79 Å². The van der Waals surface area contributed by atoms with Crippen LogP contribution in [0, 0.1) is 20.8 Å². The highest BCUT2D eigenvalue weighted by atomic mass is 35.5. The molecule has 2 rings (SSSR count). The molecule has 106 valence electrons. The second kappa shape index (κ2) is 5.17. The number of carboxylic acids is 1. The van der Waals surface area contributed by atoms with E-state index in [0.717, 1.165) is 22.3 Å². The first-order chi connectivity index (χ1) is 9.38. The van der Waals surface area contributed by atoms with Crippen molar-refractivity contribution in [2.75, 3.05) is 7.11 Å². The molecule has 0 atom stereocenters. The summed E-state index contributed by atoms with van der Waals surface area (Å²) in [4.78, 5) is 10.9. The molecule has 0 saturated heterocycles. The van der Waals surface area contributed by atoms with Gasteiger partial charge in [0.05, 0.1) is 12.1 Å². The van der Waals surface area contributed by atoms with Gasteiger partial charge in [-0.05, 0) is 37.5 Å². The molecule has 2 aromatic rings. The number of aromatic carboxylic acids is 1. The van der Waals surface area contributed by atoms with E-state index in [-0.39, 0.29) is 5.69 Å². The van der Waals surface area contributed by atoms with Crippen LogP contribution in [0.3, 0.4) is 0 Å². The third-order valence-corrected chi connectivity index (χ3v) is 3.82. The largest absolute Gasteiger partial charge is 0.495 e. The van der Waals surface area contributed by atoms with E-state index in [4.69, 9.17) is 26.0 Å². The summed E-state index contributed by atoms with van der Waals surface area (Å²) >= 11 is 6.29. The molecule has 0 saturated carbocycles. The summed E-state index contributed by atoms with van der Waals surface area (Å²) in [5, 5.41) is 12.9. The van der Waals surface area contributed by atoms with Crippen LogP contribution in [0.25, 0.3) is 11.3 Å². The van der Waals surface area contributed by atoms with Crippen molar-refractivity contribution in [3.63, 3.8) is 0 Å². The summed E-state index contributed by atoms with van der Waals surface area (Å²) in [5.41, 5.74) is 3.17. The molecule has 20 heavy (non-hydrogen) atoms. The number of ether oxygens (including phenoxy) is 1. The molecular weight excluding hydrogens is 282 g/mol. The highest BCUT2D eigenvalue weighted by Crippen LogP contribution is 2.41. The molecular formula is C14H14ClNO4. The summed E-state index contributed by atoms with van der Waals surface area (Å²) in [6.45, 7) is 5.62. The predicted octanol–water partition coefficient (Wildman–Crippen LogP) is 3.63. The number of nitrogens with zero attached hydrogens (tertiary/aromatic N) is 1. The third kappa shape index (κ3) is 2.14. The van der Waals surface area contributed by atoms with Gasteiger partial charge in [-0.3, -0.25) is 0 Å². The Kier molecular flexibility index (Phi) is 3.72. The van der Waals surface area contributed by atoms with E-state index in [0.29, 0.717) is 16.5 Å². The van der Waals surface area contributed by atoms with Crippen molar-refractivity contribution in [2.24, 2.45) is 0 Å². The van der Waals surface area contributed by atoms with Gasteiger partial charge in [-0.15, -0.1) is 0 Å². The van der Waals surface area contributed by atoms with Crippen LogP contribution in [0.5, 0.6) is 5.75 Å². The van der Waals surface area contributed by atoms with Crippen molar-refractivity contribution < 1.29 is 19.2 Å². The minimum atomic E-state index is -1.13. The van der Waals surface area contributed by atoms with Gasteiger partial charge in [0.15, 0.2) is 11.5 Å². The standard InChI is InChI=1S/C14H14ClNO4/c1-6-7(2)13(19-4)12(15)8(3)11(6)10-5-9(14(17)18)16-20-10/h5H,1-4H3,(H,17,18). The summed E-state index contributed by atoms with van der Waals surface area (Å²) in [7, 11) is 1.56. The molecule has 1 N–H and O–H groups in total. The Morgan fingerprint density at radius 2 is 1.95 bits per heavy atom. The van der Waals surface area contributed by atoms with Gasteiger partial charge in [0, 0.05) is 11.6 Å². The van der Waals surface area contributed by atoms with E-state index >= 15 is 0 Å². The fourth-order valence-corrected chi connectivity index (χ4v) is 2.50. The van der Waals surface area contributed by atoms with Crippen LogP contribution < -0.4 is 4.74 Å². The number of halogens is 1. The Balaban J connectivity index is 2.71. The van der Waals surface area contributed by atoms with Gasteiger partial charge < -0.3 is 14.4 Å². The van der Waals surface area contributed by atoms with E-state index < -0.39 is 5.97 Å². The van der Waals surface area contributed by atoms with Crippen molar-refractivity contribution in [1.82, 2.24) is 5.16 Å². The molecule has 5 nitrogen and oxygen atoms in total. The second-order valence-electron chi connectivity index (χ2n) is 4.48. The van der Waals surface area contributed by atoms with E-state index in [2.05, 4.69) is 5.16 Å². The quantitative estimate of drug-likeness (QED) is 0.936. The van der Waals surface area contributed by atoms with Crippen LogP contribution >= 0.6 is 11.6 Å². The molecule has 0 unspecified atom stereocenters. The van der Waals surface area contributed by atoms with Gasteiger partial charge in [0.25, 0.3) is 0 Å². The molecule has 0 radical (unpaired) electrons. The molecule has 0 fully saturated rings. The van der Waals surface area contributed by atoms with Gasteiger partial charge in [-0.25, -0.2) is 4.79 Å². The smallest absolute Gasteiger partial charge is 0.358 e. The Bertz CT molecular complexity index is 662. The average molecular weight is 296 g/mol. The van der Waals surface area contributed by atoms with Crippen LogP contribution in [-0.4, -0.2) is 23.3 Å². The van der Waals surface area contributed by atoms with Crippen molar-refractivity contribution in [3.8, 4) is 17.1 Å². The van der Waals surface area contributed by atoms with Gasteiger partial charge in [-0.1, -0.05) is 16.8 Å². The van der Waals surface area contributed by atoms with Gasteiger partial charge in [0.2, 0.25) is 0 Å². The van der Waals surface area contributed by atoms with Gasteiger partial charge in [-0.2, -0.15) is 0 Å². The lowest BCUT2D eigenvalue weighted by atomic mass is 9.95. The summed E-state index contributed by atoms with van der Waals surface area (Å²) < 4.78 is 10.4. The molecule has 0 amide bonds. The fraction of sp³-hybridized carbons (Fsp3) is 0.286. The summed E-state index contributed by atoms with van der Waals surface area (Å²) in [6.07, 6.45) is 0. The normalized spacial score (nSPS) is 10.7. The average Bonchev–Trinajstić information content (AvgIpc) is 2.87. The maximum Gasteiger partial charge on any atom is 0.358 e. The number of hydrogen-bond acceptors (Lipinski definition) is 4. The molecule has 1 heterocycles. The molecule has 0 aliphatic carbocycles. The number of rotatable bonds is 3.